The van der Waals surface area contributed by atoms with Crippen molar-refractivity contribution in [2.24, 2.45) is 5.92 Å². The number of benzene rings is 1. The highest BCUT2D eigenvalue weighted by Gasteiger charge is 2.45. The fourth-order valence-electron chi connectivity index (χ4n) is 4.01. The van der Waals surface area contributed by atoms with Crippen LogP contribution in [0, 0.1) is 11.7 Å². The first-order chi connectivity index (χ1) is 12.7. The number of nitrogens with zero attached hydrogens (tertiary/aromatic N) is 1. The van der Waals surface area contributed by atoms with Gasteiger partial charge in [-0.15, -0.1) is 0 Å². The van der Waals surface area contributed by atoms with Crippen molar-refractivity contribution >= 4 is 11.6 Å². The summed E-state index contributed by atoms with van der Waals surface area (Å²) in [6.45, 7) is 3.47. The molecule has 1 spiro atoms. The number of morpholine rings is 1. The van der Waals surface area contributed by atoms with E-state index in [4.69, 9.17) is 9.47 Å². The summed E-state index contributed by atoms with van der Waals surface area (Å²) in [6.07, 6.45) is 5.32. The number of para-hydroxylation sites is 1. The number of hydrogen-bond acceptors (Lipinski definition) is 4. The van der Waals surface area contributed by atoms with Crippen LogP contribution in [0.4, 0.5) is 10.1 Å². The van der Waals surface area contributed by atoms with Crippen molar-refractivity contribution in [3.8, 4) is 0 Å². The van der Waals surface area contributed by atoms with E-state index in [1.54, 1.807) is 23.1 Å². The molecule has 3 aliphatic heterocycles. The molecule has 4 rings (SSSR count). The number of hydrogen-bond donors (Lipinski definition) is 1. The molecule has 26 heavy (non-hydrogen) atoms. The number of anilines is 1. The molecule has 3 fully saturated rings. The van der Waals surface area contributed by atoms with Gasteiger partial charge < -0.3 is 14.8 Å². The molecule has 3 heterocycles. The van der Waals surface area contributed by atoms with Gasteiger partial charge >= 0.3 is 0 Å². The first kappa shape index (κ1) is 17.5. The number of rotatable bonds is 2. The van der Waals surface area contributed by atoms with E-state index in [-0.39, 0.29) is 17.6 Å². The first-order valence-corrected chi connectivity index (χ1v) is 9.43. The zero-order chi connectivity index (χ0) is 18.0. The highest BCUT2D eigenvalue weighted by molar-refractivity contribution is 6.05. The van der Waals surface area contributed by atoms with Gasteiger partial charge in [-0.1, -0.05) is 12.1 Å². The Hall–Kier alpha value is -1.92. The summed E-state index contributed by atoms with van der Waals surface area (Å²) in [7, 11) is 0. The highest BCUT2D eigenvalue weighted by Crippen LogP contribution is 2.36. The number of halogens is 1. The minimum absolute atomic E-state index is 0.245. The average Bonchev–Trinajstić information content (AvgIpc) is 2.67. The Morgan fingerprint density at radius 1 is 1.19 bits per heavy atom. The maximum absolute atomic E-state index is 14.4. The molecule has 0 saturated carbocycles. The second kappa shape index (κ2) is 7.37. The molecule has 0 bridgehead atoms. The van der Waals surface area contributed by atoms with Gasteiger partial charge in [-0.05, 0) is 50.1 Å². The van der Waals surface area contributed by atoms with Crippen molar-refractivity contribution in [3.63, 3.8) is 0 Å². The molecule has 0 radical (unpaired) electrons. The number of piperidine rings is 1. The van der Waals surface area contributed by atoms with E-state index in [0.29, 0.717) is 31.2 Å². The molecule has 1 N–H and O–H groups in total. The standard InChI is InChI=1S/C20H25FN2O3/c21-16-3-1-2-4-17(16)23-14-20(7-9-22-10-8-20)26-18(19(23)24)13-15-5-11-25-12-6-15/h1-4,13,15,22H,5-12,14H2. The van der Waals surface area contributed by atoms with Gasteiger partial charge in [0, 0.05) is 26.1 Å². The topological polar surface area (TPSA) is 50.8 Å². The van der Waals surface area contributed by atoms with Crippen LogP contribution in [0.1, 0.15) is 25.7 Å². The SMILES string of the molecule is O=C1C(=CC2CCOCC2)OC2(CCNCC2)CN1c1ccccc1F. The maximum atomic E-state index is 14.4. The molecule has 0 unspecified atom stereocenters. The summed E-state index contributed by atoms with van der Waals surface area (Å²) < 4.78 is 26.1. The third kappa shape index (κ3) is 3.48. The number of allylic oxidation sites excluding steroid dienone is 1. The normalized spacial score (nSPS) is 25.5. The summed E-state index contributed by atoms with van der Waals surface area (Å²) in [5.74, 6) is 0.0124. The number of ether oxygens (including phenoxy) is 2. The van der Waals surface area contributed by atoms with Gasteiger partial charge in [-0.3, -0.25) is 9.69 Å². The maximum Gasteiger partial charge on any atom is 0.293 e. The lowest BCUT2D eigenvalue weighted by Gasteiger charge is -2.46. The van der Waals surface area contributed by atoms with Crippen molar-refractivity contribution in [1.29, 1.82) is 0 Å². The van der Waals surface area contributed by atoms with Crippen LogP contribution in [-0.2, 0) is 14.3 Å². The summed E-state index contributed by atoms with van der Waals surface area (Å²) in [5, 5.41) is 3.34. The van der Waals surface area contributed by atoms with Gasteiger partial charge in [-0.25, -0.2) is 4.39 Å². The minimum atomic E-state index is -0.446. The second-order valence-electron chi connectivity index (χ2n) is 7.36. The molecule has 3 saturated heterocycles. The lowest BCUT2D eigenvalue weighted by atomic mass is 9.89. The van der Waals surface area contributed by atoms with Gasteiger partial charge in [-0.2, -0.15) is 0 Å². The molecule has 0 aliphatic carbocycles. The van der Waals surface area contributed by atoms with E-state index in [1.165, 1.54) is 6.07 Å². The van der Waals surface area contributed by atoms with Gasteiger partial charge in [0.15, 0.2) is 5.76 Å². The van der Waals surface area contributed by atoms with Crippen molar-refractivity contribution in [3.05, 3.63) is 41.9 Å². The Kier molecular flexibility index (Phi) is 4.96. The summed E-state index contributed by atoms with van der Waals surface area (Å²) in [4.78, 5) is 14.7. The van der Waals surface area contributed by atoms with Gasteiger partial charge in [0.25, 0.3) is 5.91 Å². The summed E-state index contributed by atoms with van der Waals surface area (Å²) >= 11 is 0. The number of carbonyl (C=O) groups excluding carboxylic acids is 1. The van der Waals surface area contributed by atoms with Crippen LogP contribution in [0.2, 0.25) is 0 Å². The van der Waals surface area contributed by atoms with Crippen molar-refractivity contribution in [1.82, 2.24) is 5.32 Å². The van der Waals surface area contributed by atoms with Crippen LogP contribution in [0.15, 0.2) is 36.1 Å². The summed E-state index contributed by atoms with van der Waals surface area (Å²) in [6, 6.07) is 6.47. The molecular weight excluding hydrogens is 335 g/mol. The lowest BCUT2D eigenvalue weighted by Crippen LogP contribution is -2.58. The fourth-order valence-corrected chi connectivity index (χ4v) is 4.01. The summed E-state index contributed by atoms with van der Waals surface area (Å²) in [5.41, 5.74) is -0.116. The molecule has 1 aromatic rings. The molecule has 1 amide bonds. The molecule has 140 valence electrons. The minimum Gasteiger partial charge on any atom is -0.480 e. The van der Waals surface area contributed by atoms with Crippen molar-refractivity contribution in [2.75, 3.05) is 37.7 Å². The monoisotopic (exact) mass is 360 g/mol. The highest BCUT2D eigenvalue weighted by atomic mass is 19.1. The van der Waals surface area contributed by atoms with Crippen LogP contribution >= 0.6 is 0 Å². The Morgan fingerprint density at radius 3 is 2.65 bits per heavy atom. The van der Waals surface area contributed by atoms with Crippen LogP contribution in [0.25, 0.3) is 0 Å². The molecular formula is C20H25FN2O3. The molecule has 6 heteroatoms. The zero-order valence-corrected chi connectivity index (χ0v) is 14.9. The van der Waals surface area contributed by atoms with E-state index in [1.807, 2.05) is 6.08 Å². The molecule has 5 nitrogen and oxygen atoms in total. The fraction of sp³-hybridized carbons (Fsp3) is 0.550. The third-order valence-corrected chi connectivity index (χ3v) is 5.54. The number of nitrogens with one attached hydrogen (secondary N) is 1. The quantitative estimate of drug-likeness (QED) is 0.824. The molecule has 1 aromatic carbocycles. The van der Waals surface area contributed by atoms with E-state index in [2.05, 4.69) is 5.32 Å². The van der Waals surface area contributed by atoms with Gasteiger partial charge in [0.05, 0.1) is 12.2 Å². The zero-order valence-electron chi connectivity index (χ0n) is 14.9. The van der Waals surface area contributed by atoms with Crippen molar-refractivity contribution in [2.45, 2.75) is 31.3 Å². The smallest absolute Gasteiger partial charge is 0.293 e. The second-order valence-corrected chi connectivity index (χ2v) is 7.36. The Balaban J connectivity index is 1.68. The van der Waals surface area contributed by atoms with Crippen molar-refractivity contribution < 1.29 is 18.7 Å². The van der Waals surface area contributed by atoms with Gasteiger partial charge in [0.1, 0.15) is 11.4 Å². The van der Waals surface area contributed by atoms with Gasteiger partial charge in [0.2, 0.25) is 0 Å². The predicted molar refractivity (Wildman–Crippen MR) is 96.3 cm³/mol. The van der Waals surface area contributed by atoms with Crippen LogP contribution < -0.4 is 10.2 Å². The molecule has 0 aromatic heterocycles. The van der Waals surface area contributed by atoms with E-state index >= 15 is 0 Å². The third-order valence-electron chi connectivity index (χ3n) is 5.54. The number of amides is 1. The average molecular weight is 360 g/mol. The first-order valence-electron chi connectivity index (χ1n) is 9.43. The largest absolute Gasteiger partial charge is 0.480 e. The van der Waals surface area contributed by atoms with Crippen LogP contribution in [0.5, 0.6) is 0 Å². The van der Waals surface area contributed by atoms with E-state index in [0.717, 1.165) is 38.8 Å². The number of carbonyl (C=O) groups is 1. The van der Waals surface area contributed by atoms with Crippen LogP contribution in [0.3, 0.4) is 0 Å². The lowest BCUT2D eigenvalue weighted by molar-refractivity contribution is -0.130. The Labute approximate surface area is 153 Å². The Bertz CT molecular complexity index is 694. The Morgan fingerprint density at radius 2 is 1.92 bits per heavy atom. The van der Waals surface area contributed by atoms with E-state index < -0.39 is 5.60 Å². The molecule has 3 aliphatic rings. The molecule has 0 atom stereocenters. The predicted octanol–water partition coefficient (Wildman–Crippen LogP) is 2.62. The van der Waals surface area contributed by atoms with Crippen LogP contribution in [-0.4, -0.2) is 44.4 Å². The van der Waals surface area contributed by atoms with E-state index in [9.17, 15) is 9.18 Å².